The van der Waals surface area contributed by atoms with Crippen LogP contribution < -0.4 is 0 Å². The summed E-state index contributed by atoms with van der Waals surface area (Å²) in [6.45, 7) is 0. The summed E-state index contributed by atoms with van der Waals surface area (Å²) >= 11 is 1.23. The predicted octanol–water partition coefficient (Wildman–Crippen LogP) is 1.79. The van der Waals surface area contributed by atoms with Crippen molar-refractivity contribution in [1.29, 1.82) is 0 Å². The molecule has 0 amide bonds. The van der Waals surface area contributed by atoms with E-state index in [0.29, 0.717) is 11.5 Å². The first-order valence-corrected chi connectivity index (χ1v) is 9.61. The Kier molecular flexibility index (Phi) is 5.71. The van der Waals surface area contributed by atoms with Crippen LogP contribution in [0.3, 0.4) is 0 Å². The van der Waals surface area contributed by atoms with Crippen molar-refractivity contribution in [1.82, 2.24) is 0 Å². The van der Waals surface area contributed by atoms with Crippen LogP contribution >= 0.6 is 23.5 Å². The molecule has 1 heterocycles. The molecule has 1 aliphatic heterocycles. The third-order valence-corrected chi connectivity index (χ3v) is 6.63. The van der Waals surface area contributed by atoms with Gasteiger partial charge in [0, 0.05) is 0 Å². The van der Waals surface area contributed by atoms with Gasteiger partial charge in [0.05, 0.1) is 0 Å². The van der Waals surface area contributed by atoms with Gasteiger partial charge in [0.25, 0.3) is 0 Å². The van der Waals surface area contributed by atoms with Crippen molar-refractivity contribution < 1.29 is 15.7 Å². The van der Waals surface area contributed by atoms with Gasteiger partial charge in [-0.15, -0.1) is 0 Å². The van der Waals surface area contributed by atoms with Gasteiger partial charge in [-0.3, -0.25) is 0 Å². The van der Waals surface area contributed by atoms with Gasteiger partial charge in [0.2, 0.25) is 0 Å². The molecule has 1 aliphatic rings. The summed E-state index contributed by atoms with van der Waals surface area (Å²) in [5.41, 5.74) is 1.09. The molecular weight excluding hydrogens is 379 g/mol. The SMILES string of the molecule is O=C1CSC(c2ccccc2)SCC(=O)[O][Sn][O]1. The average Bonchev–Trinajstić information content (AvgIpc) is 2.39. The average molecular weight is 389 g/mol. The minimum atomic E-state index is -1.76. The molecule has 18 heavy (non-hydrogen) atoms. The molecule has 0 bridgehead atoms. The van der Waals surface area contributed by atoms with E-state index in [1.54, 1.807) is 0 Å². The second-order valence-corrected chi connectivity index (χ2v) is 7.52. The number of thioether (sulfide) groups is 2. The zero-order valence-electron chi connectivity index (χ0n) is 9.33. The van der Waals surface area contributed by atoms with Crippen molar-refractivity contribution in [3.8, 4) is 0 Å². The molecule has 94 valence electrons. The first kappa shape index (κ1) is 14.1. The summed E-state index contributed by atoms with van der Waals surface area (Å²) in [7, 11) is 0. The number of carbonyl (C=O) groups excluding carboxylic acids is 2. The van der Waals surface area contributed by atoms with Crippen LogP contribution in [0.25, 0.3) is 0 Å². The van der Waals surface area contributed by atoms with Crippen LogP contribution in [0.15, 0.2) is 30.3 Å². The topological polar surface area (TPSA) is 52.6 Å². The Hall–Kier alpha value is -0.341. The van der Waals surface area contributed by atoms with E-state index < -0.39 is 22.0 Å². The monoisotopic (exact) mass is 390 g/mol. The third-order valence-electron chi connectivity index (χ3n) is 2.09. The molecule has 1 aromatic rings. The van der Waals surface area contributed by atoms with Gasteiger partial charge >= 0.3 is 125 Å². The molecule has 0 N–H and O–H groups in total. The van der Waals surface area contributed by atoms with E-state index in [9.17, 15) is 9.59 Å². The van der Waals surface area contributed by atoms with Gasteiger partial charge in [-0.2, -0.15) is 0 Å². The van der Waals surface area contributed by atoms with Crippen molar-refractivity contribution in [3.63, 3.8) is 0 Å². The second kappa shape index (κ2) is 7.30. The third kappa shape index (κ3) is 4.40. The molecular formula is C11H10O4S2Sn. The Morgan fingerprint density at radius 2 is 1.56 bits per heavy atom. The molecule has 4 nitrogen and oxygen atoms in total. The van der Waals surface area contributed by atoms with Crippen LogP contribution in [0, 0.1) is 0 Å². The number of hydrogen-bond acceptors (Lipinski definition) is 6. The van der Waals surface area contributed by atoms with Crippen molar-refractivity contribution in [3.05, 3.63) is 35.9 Å². The molecule has 0 aromatic heterocycles. The molecule has 7 heteroatoms. The van der Waals surface area contributed by atoms with E-state index >= 15 is 0 Å². The van der Waals surface area contributed by atoms with E-state index in [-0.39, 0.29) is 16.5 Å². The Labute approximate surface area is 124 Å². The summed E-state index contributed by atoms with van der Waals surface area (Å²) in [6, 6.07) is 9.81. The summed E-state index contributed by atoms with van der Waals surface area (Å²) in [4.78, 5) is 22.8. The number of hydrogen-bond donors (Lipinski definition) is 0. The van der Waals surface area contributed by atoms with E-state index in [1.165, 1.54) is 23.5 Å². The van der Waals surface area contributed by atoms with Gasteiger partial charge in [-0.25, -0.2) is 0 Å². The molecule has 0 unspecified atom stereocenters. The summed E-state index contributed by atoms with van der Waals surface area (Å²) in [5.74, 6) is 0.0151. The van der Waals surface area contributed by atoms with Crippen molar-refractivity contribution in [2.45, 2.75) is 4.58 Å². The fourth-order valence-electron chi connectivity index (χ4n) is 1.31. The summed E-state index contributed by atoms with van der Waals surface area (Å²) in [5, 5.41) is 0. The van der Waals surface area contributed by atoms with Gasteiger partial charge in [0.1, 0.15) is 0 Å². The molecule has 0 aliphatic carbocycles. The van der Waals surface area contributed by atoms with Crippen molar-refractivity contribution in [2.75, 3.05) is 11.5 Å². The van der Waals surface area contributed by atoms with E-state index in [4.69, 9.17) is 6.15 Å². The molecule has 0 spiro atoms. The van der Waals surface area contributed by atoms with Crippen molar-refractivity contribution in [2.24, 2.45) is 0 Å². The number of rotatable bonds is 1. The van der Waals surface area contributed by atoms with Crippen LogP contribution in [-0.2, 0) is 15.7 Å². The standard InChI is InChI=1S/C11H12O4S2.Sn/c12-9(13)6-16-11(17-7-10(14)15)8-4-2-1-3-5-8;/h1-5,11H,6-7H2,(H,12,13)(H,14,15);/q;+2/p-2. The molecule has 1 fully saturated rings. The van der Waals surface area contributed by atoms with Gasteiger partial charge in [-0.05, 0) is 0 Å². The first-order chi connectivity index (χ1) is 8.75. The normalized spacial score (nSPS) is 18.9. The summed E-state index contributed by atoms with van der Waals surface area (Å²) in [6.07, 6.45) is 0. The molecule has 1 aromatic carbocycles. The Morgan fingerprint density at radius 3 is 2.11 bits per heavy atom. The van der Waals surface area contributed by atoms with Gasteiger partial charge in [-0.1, -0.05) is 0 Å². The van der Waals surface area contributed by atoms with Gasteiger partial charge in [0.15, 0.2) is 0 Å². The van der Waals surface area contributed by atoms with Crippen LogP contribution in [0.1, 0.15) is 10.1 Å². The molecule has 2 radical (unpaired) electrons. The van der Waals surface area contributed by atoms with Crippen molar-refractivity contribution >= 4 is 57.4 Å². The van der Waals surface area contributed by atoms with Crippen LogP contribution in [0.4, 0.5) is 0 Å². The molecule has 0 saturated carbocycles. The zero-order chi connectivity index (χ0) is 12.8. The van der Waals surface area contributed by atoms with E-state index in [0.717, 1.165) is 5.56 Å². The maximum atomic E-state index is 11.4. The Bertz CT molecular complexity index is 406. The molecule has 2 rings (SSSR count). The predicted molar refractivity (Wildman–Crippen MR) is 72.0 cm³/mol. The molecule has 1 saturated heterocycles. The second-order valence-electron chi connectivity index (χ2n) is 3.40. The number of carbonyl (C=O) groups is 2. The van der Waals surface area contributed by atoms with E-state index in [2.05, 4.69) is 0 Å². The van der Waals surface area contributed by atoms with E-state index in [1.807, 2.05) is 30.3 Å². The minimum absolute atomic E-state index is 0.0507. The first-order valence-electron chi connectivity index (χ1n) is 5.18. The Morgan fingerprint density at radius 1 is 1.00 bits per heavy atom. The summed E-state index contributed by atoms with van der Waals surface area (Å²) < 4.78 is 9.91. The maximum absolute atomic E-state index is 11.4. The number of benzene rings is 1. The fourth-order valence-corrected chi connectivity index (χ4v) is 5.15. The Balaban J connectivity index is 2.07. The van der Waals surface area contributed by atoms with Crippen LogP contribution in [0.5, 0.6) is 0 Å². The van der Waals surface area contributed by atoms with Crippen LogP contribution in [0.2, 0.25) is 0 Å². The molecule has 0 atom stereocenters. The van der Waals surface area contributed by atoms with Gasteiger partial charge < -0.3 is 0 Å². The fraction of sp³-hybridized carbons (Fsp3) is 0.273. The zero-order valence-corrected chi connectivity index (χ0v) is 13.8. The van der Waals surface area contributed by atoms with Crippen LogP contribution in [-0.4, -0.2) is 45.4 Å². The quantitative estimate of drug-likeness (QED) is 0.683.